The summed E-state index contributed by atoms with van der Waals surface area (Å²) in [7, 11) is 0. The Morgan fingerprint density at radius 1 is 1.33 bits per heavy atom. The van der Waals surface area contributed by atoms with Gasteiger partial charge < -0.3 is 10.1 Å². The summed E-state index contributed by atoms with van der Waals surface area (Å²) in [5.74, 6) is -0.0634. The molecule has 3 rings (SSSR count). The fourth-order valence-electron chi connectivity index (χ4n) is 2.07. The van der Waals surface area contributed by atoms with Crippen LogP contribution < -0.4 is 10.6 Å². The van der Waals surface area contributed by atoms with Gasteiger partial charge in [0.25, 0.3) is 0 Å². The molecule has 3 aromatic rings. The van der Waals surface area contributed by atoms with Gasteiger partial charge in [-0.1, -0.05) is 5.21 Å². The highest BCUT2D eigenvalue weighted by atomic mass is 16.5. The molecule has 3 N–H and O–H groups in total. The number of aromatic amines is 1. The summed E-state index contributed by atoms with van der Waals surface area (Å²) < 4.78 is 6.04. The van der Waals surface area contributed by atoms with Gasteiger partial charge in [0, 0.05) is 11.1 Å². The fraction of sp³-hybridized carbons (Fsp3) is 0.214. The number of hydrogen-bond donors (Lipinski definition) is 3. The van der Waals surface area contributed by atoms with Crippen LogP contribution in [0.4, 0.5) is 16.3 Å². The number of hydrogen-bond acceptors (Lipinski definition) is 6. The molecule has 0 saturated heterocycles. The van der Waals surface area contributed by atoms with Crippen LogP contribution >= 0.6 is 0 Å². The average molecular weight is 329 g/mol. The Hall–Kier alpha value is -3.43. The molecule has 0 saturated carbocycles. The topological polar surface area (TPSA) is 127 Å². The SMILES string of the molecule is CCOC(=O)Nc1cn(CC(=O)Nc2ccc3[nH]ncc3c2)nn1. The van der Waals surface area contributed by atoms with Gasteiger partial charge in [-0.3, -0.25) is 15.2 Å². The summed E-state index contributed by atoms with van der Waals surface area (Å²) in [6.07, 6.45) is 2.49. The minimum absolute atomic E-state index is 0.0407. The second-order valence-corrected chi connectivity index (χ2v) is 4.87. The molecular weight excluding hydrogens is 314 g/mol. The number of ether oxygens (including phenoxy) is 1. The highest BCUT2D eigenvalue weighted by Crippen LogP contribution is 2.16. The van der Waals surface area contributed by atoms with Crippen LogP contribution in [0.5, 0.6) is 0 Å². The number of benzene rings is 1. The lowest BCUT2D eigenvalue weighted by Crippen LogP contribution is -2.19. The van der Waals surface area contributed by atoms with Crippen molar-refractivity contribution in [1.29, 1.82) is 0 Å². The zero-order valence-corrected chi connectivity index (χ0v) is 12.8. The van der Waals surface area contributed by atoms with E-state index in [2.05, 4.69) is 31.1 Å². The van der Waals surface area contributed by atoms with Crippen LogP contribution in [0.15, 0.2) is 30.6 Å². The van der Waals surface area contributed by atoms with Gasteiger partial charge in [0.1, 0.15) is 6.54 Å². The molecule has 0 aliphatic heterocycles. The van der Waals surface area contributed by atoms with Gasteiger partial charge in [0.15, 0.2) is 5.82 Å². The first-order valence-corrected chi connectivity index (χ1v) is 7.21. The number of nitrogens with zero attached hydrogens (tertiary/aromatic N) is 4. The smallest absolute Gasteiger partial charge is 0.412 e. The molecule has 0 spiro atoms. The van der Waals surface area contributed by atoms with E-state index < -0.39 is 6.09 Å². The number of amides is 2. The third-order valence-corrected chi connectivity index (χ3v) is 3.07. The van der Waals surface area contributed by atoms with Crippen molar-refractivity contribution >= 4 is 34.4 Å². The Labute approximate surface area is 136 Å². The normalized spacial score (nSPS) is 10.5. The molecule has 0 bridgehead atoms. The van der Waals surface area contributed by atoms with Crippen molar-refractivity contribution in [2.45, 2.75) is 13.5 Å². The summed E-state index contributed by atoms with van der Waals surface area (Å²) >= 11 is 0. The predicted octanol–water partition coefficient (Wildman–Crippen LogP) is 1.36. The van der Waals surface area contributed by atoms with Crippen molar-refractivity contribution in [2.24, 2.45) is 0 Å². The zero-order chi connectivity index (χ0) is 16.9. The lowest BCUT2D eigenvalue weighted by molar-refractivity contribution is -0.116. The molecule has 124 valence electrons. The Morgan fingerprint density at radius 2 is 2.21 bits per heavy atom. The van der Waals surface area contributed by atoms with Crippen molar-refractivity contribution in [1.82, 2.24) is 25.2 Å². The van der Waals surface area contributed by atoms with Crippen molar-refractivity contribution < 1.29 is 14.3 Å². The van der Waals surface area contributed by atoms with Gasteiger partial charge in [-0.05, 0) is 25.1 Å². The Balaban J connectivity index is 1.58. The van der Waals surface area contributed by atoms with Crippen molar-refractivity contribution in [3.05, 3.63) is 30.6 Å². The lowest BCUT2D eigenvalue weighted by Gasteiger charge is -2.05. The monoisotopic (exact) mass is 329 g/mol. The molecule has 10 heteroatoms. The quantitative estimate of drug-likeness (QED) is 0.648. The number of aromatic nitrogens is 5. The van der Waals surface area contributed by atoms with Gasteiger partial charge in [0.05, 0.1) is 24.5 Å². The summed E-state index contributed by atoms with van der Waals surface area (Å²) in [4.78, 5) is 23.3. The van der Waals surface area contributed by atoms with Gasteiger partial charge in [0.2, 0.25) is 5.91 Å². The van der Waals surface area contributed by atoms with Crippen molar-refractivity contribution in [3.63, 3.8) is 0 Å². The molecule has 24 heavy (non-hydrogen) atoms. The highest BCUT2D eigenvalue weighted by molar-refractivity contribution is 5.93. The third-order valence-electron chi connectivity index (χ3n) is 3.07. The van der Waals surface area contributed by atoms with E-state index in [4.69, 9.17) is 4.74 Å². The molecule has 10 nitrogen and oxygen atoms in total. The van der Waals surface area contributed by atoms with E-state index in [9.17, 15) is 9.59 Å². The predicted molar refractivity (Wildman–Crippen MR) is 85.4 cm³/mol. The van der Waals surface area contributed by atoms with E-state index in [0.29, 0.717) is 5.69 Å². The van der Waals surface area contributed by atoms with E-state index >= 15 is 0 Å². The van der Waals surface area contributed by atoms with Gasteiger partial charge in [-0.25, -0.2) is 9.48 Å². The minimum Gasteiger partial charge on any atom is -0.450 e. The first kappa shape index (κ1) is 15.5. The average Bonchev–Trinajstić information content (AvgIpc) is 3.16. The molecule has 0 aliphatic rings. The number of carbonyl (C=O) groups is 2. The second-order valence-electron chi connectivity index (χ2n) is 4.87. The van der Waals surface area contributed by atoms with Crippen LogP contribution in [0, 0.1) is 0 Å². The van der Waals surface area contributed by atoms with Crippen LogP contribution in [0.3, 0.4) is 0 Å². The molecule has 2 heterocycles. The summed E-state index contributed by atoms with van der Waals surface area (Å²) in [5.41, 5.74) is 1.54. The number of H-pyrrole nitrogens is 1. The third kappa shape index (κ3) is 3.66. The van der Waals surface area contributed by atoms with E-state index in [-0.39, 0.29) is 24.9 Å². The molecule has 0 fully saturated rings. The molecule has 2 amide bonds. The molecule has 0 radical (unpaired) electrons. The van der Waals surface area contributed by atoms with Crippen LogP contribution in [-0.2, 0) is 16.1 Å². The Bertz CT molecular complexity index is 870. The largest absolute Gasteiger partial charge is 0.450 e. The summed E-state index contributed by atoms with van der Waals surface area (Å²) in [6.45, 7) is 1.91. The number of rotatable bonds is 5. The Morgan fingerprint density at radius 3 is 3.04 bits per heavy atom. The van der Waals surface area contributed by atoms with Gasteiger partial charge in [-0.2, -0.15) is 5.10 Å². The standard InChI is InChI=1S/C14H15N7O3/c1-2-24-14(23)17-12-7-21(20-19-12)8-13(22)16-10-3-4-11-9(5-10)6-15-18-11/h3-7H,2,8H2,1H3,(H,15,18)(H,16,22)(H,17,23). The summed E-state index contributed by atoms with van der Waals surface area (Å²) in [5, 5.41) is 20.3. The van der Waals surface area contributed by atoms with Gasteiger partial charge in [-0.15, -0.1) is 5.10 Å². The maximum Gasteiger partial charge on any atom is 0.412 e. The molecule has 0 atom stereocenters. The number of carbonyl (C=O) groups excluding carboxylic acids is 2. The lowest BCUT2D eigenvalue weighted by atomic mass is 10.2. The van der Waals surface area contributed by atoms with Crippen LogP contribution in [-0.4, -0.2) is 43.8 Å². The number of anilines is 2. The first-order chi connectivity index (χ1) is 11.6. The number of nitrogens with one attached hydrogen (secondary N) is 3. The van der Waals surface area contributed by atoms with Crippen LogP contribution in [0.25, 0.3) is 10.9 Å². The molecule has 0 unspecified atom stereocenters. The van der Waals surface area contributed by atoms with E-state index in [1.54, 1.807) is 19.2 Å². The molecule has 2 aromatic heterocycles. The summed E-state index contributed by atoms with van der Waals surface area (Å²) in [6, 6.07) is 5.41. The fourth-order valence-corrected chi connectivity index (χ4v) is 2.07. The van der Waals surface area contributed by atoms with Crippen molar-refractivity contribution in [2.75, 3.05) is 17.2 Å². The maximum atomic E-state index is 12.1. The van der Waals surface area contributed by atoms with Crippen LogP contribution in [0.1, 0.15) is 6.92 Å². The van der Waals surface area contributed by atoms with E-state index in [0.717, 1.165) is 10.9 Å². The zero-order valence-electron chi connectivity index (χ0n) is 12.8. The van der Waals surface area contributed by atoms with E-state index in [1.807, 2.05) is 12.1 Å². The van der Waals surface area contributed by atoms with Crippen LogP contribution in [0.2, 0.25) is 0 Å². The van der Waals surface area contributed by atoms with E-state index in [1.165, 1.54) is 10.9 Å². The Kier molecular flexibility index (Phi) is 4.36. The minimum atomic E-state index is -0.623. The molecule has 1 aromatic carbocycles. The number of fused-ring (bicyclic) bond motifs is 1. The maximum absolute atomic E-state index is 12.1. The highest BCUT2D eigenvalue weighted by Gasteiger charge is 2.09. The second kappa shape index (κ2) is 6.77. The molecule has 0 aliphatic carbocycles. The van der Waals surface area contributed by atoms with Gasteiger partial charge >= 0.3 is 6.09 Å². The first-order valence-electron chi connectivity index (χ1n) is 7.21. The molecular formula is C14H15N7O3. The van der Waals surface area contributed by atoms with Crippen molar-refractivity contribution in [3.8, 4) is 0 Å².